The lowest BCUT2D eigenvalue weighted by molar-refractivity contribution is 0.551. The molecule has 0 aliphatic heterocycles. The highest BCUT2D eigenvalue weighted by Gasteiger charge is 2.12. The van der Waals surface area contributed by atoms with Gasteiger partial charge in [0.1, 0.15) is 0 Å². The van der Waals surface area contributed by atoms with E-state index in [1.807, 2.05) is 26.0 Å². The van der Waals surface area contributed by atoms with Crippen molar-refractivity contribution in [3.05, 3.63) is 34.9 Å². The first-order valence-electron chi connectivity index (χ1n) is 4.97. The summed E-state index contributed by atoms with van der Waals surface area (Å²) >= 11 is 0. The molecule has 0 saturated heterocycles. The van der Waals surface area contributed by atoms with Crippen molar-refractivity contribution >= 4 is 12.2 Å². The van der Waals surface area contributed by atoms with E-state index in [0.29, 0.717) is 0 Å². The van der Waals surface area contributed by atoms with E-state index in [2.05, 4.69) is 9.98 Å². The van der Waals surface area contributed by atoms with Gasteiger partial charge < -0.3 is 0 Å². The van der Waals surface area contributed by atoms with Crippen molar-refractivity contribution in [1.82, 2.24) is 0 Å². The molecule has 0 spiro atoms. The summed E-state index contributed by atoms with van der Waals surface area (Å²) in [5.41, 5.74) is 2.88. The summed E-state index contributed by atoms with van der Waals surface area (Å²) in [6.45, 7) is 3.95. The summed E-state index contributed by atoms with van der Waals surface area (Å²) in [7, 11) is 0. The Labute approximate surface area is 93.7 Å². The number of hydrogen-bond donors (Lipinski definition) is 0. The van der Waals surface area contributed by atoms with Crippen molar-refractivity contribution in [2.75, 3.05) is 0 Å². The molecule has 0 aliphatic carbocycles. The van der Waals surface area contributed by atoms with Crippen molar-refractivity contribution in [2.24, 2.45) is 9.98 Å². The van der Waals surface area contributed by atoms with Crippen molar-refractivity contribution in [3.63, 3.8) is 0 Å². The molecular formula is C12H12N2O2. The lowest BCUT2D eigenvalue weighted by Gasteiger charge is -2.11. The minimum absolute atomic E-state index is 0.742. The molecule has 0 unspecified atom stereocenters. The minimum atomic E-state index is -0.818. The summed E-state index contributed by atoms with van der Waals surface area (Å²) in [5, 5.41) is 0. The largest absolute Gasteiger partial charge is 0.237 e. The molecule has 82 valence electrons. The Morgan fingerprint density at radius 2 is 1.88 bits per heavy atom. The van der Waals surface area contributed by atoms with E-state index in [4.69, 9.17) is 0 Å². The second kappa shape index (κ2) is 5.76. The highest BCUT2D eigenvalue weighted by atomic mass is 16.1. The van der Waals surface area contributed by atoms with Crippen LogP contribution in [0.5, 0.6) is 0 Å². The van der Waals surface area contributed by atoms with Crippen LogP contribution in [0.25, 0.3) is 0 Å². The van der Waals surface area contributed by atoms with Crippen LogP contribution < -0.4 is 0 Å². The molecule has 1 aromatic rings. The number of benzene rings is 1. The van der Waals surface area contributed by atoms with E-state index in [-0.39, 0.29) is 0 Å². The van der Waals surface area contributed by atoms with Crippen LogP contribution in [0.2, 0.25) is 0 Å². The molecule has 4 heteroatoms. The number of nitrogens with zero attached hydrogens (tertiary/aromatic N) is 2. The van der Waals surface area contributed by atoms with Crippen molar-refractivity contribution in [3.8, 4) is 0 Å². The fourth-order valence-corrected chi connectivity index (χ4v) is 1.63. The summed E-state index contributed by atoms with van der Waals surface area (Å²) in [4.78, 5) is 27.5. The highest BCUT2D eigenvalue weighted by Crippen LogP contribution is 2.24. The second-order valence-corrected chi connectivity index (χ2v) is 3.30. The molecule has 0 radical (unpaired) electrons. The molecule has 0 fully saturated rings. The fraction of sp³-hybridized carbons (Fsp3) is 0.333. The molecule has 0 aromatic heterocycles. The maximum Gasteiger partial charge on any atom is 0.237 e. The van der Waals surface area contributed by atoms with Crippen LogP contribution in [0.3, 0.4) is 0 Å². The molecule has 1 aromatic carbocycles. The van der Waals surface area contributed by atoms with Crippen molar-refractivity contribution in [1.29, 1.82) is 0 Å². The molecule has 0 amide bonds. The van der Waals surface area contributed by atoms with Gasteiger partial charge in [0.15, 0.2) is 6.17 Å². The maximum atomic E-state index is 10.2. The third-order valence-electron chi connectivity index (χ3n) is 2.50. The number of hydrogen-bond acceptors (Lipinski definition) is 4. The van der Waals surface area contributed by atoms with Gasteiger partial charge in [0.05, 0.1) is 0 Å². The molecule has 16 heavy (non-hydrogen) atoms. The Balaban J connectivity index is 3.28. The summed E-state index contributed by atoms with van der Waals surface area (Å²) in [6, 6.07) is 5.64. The van der Waals surface area contributed by atoms with Gasteiger partial charge in [-0.3, -0.25) is 0 Å². The Kier molecular flexibility index (Phi) is 4.34. The van der Waals surface area contributed by atoms with Gasteiger partial charge >= 0.3 is 0 Å². The number of rotatable bonds is 4. The molecular weight excluding hydrogens is 204 g/mol. The lowest BCUT2D eigenvalue weighted by atomic mass is 9.99. The quantitative estimate of drug-likeness (QED) is 0.572. The number of carbonyl (C=O) groups excluding carboxylic acids is 2. The first kappa shape index (κ1) is 12.1. The molecule has 0 saturated carbocycles. The Morgan fingerprint density at radius 3 is 2.38 bits per heavy atom. The maximum absolute atomic E-state index is 10.2. The van der Waals surface area contributed by atoms with Crippen LogP contribution in [-0.4, -0.2) is 12.2 Å². The molecule has 0 aliphatic rings. The van der Waals surface area contributed by atoms with Gasteiger partial charge in [-0.25, -0.2) is 9.59 Å². The Morgan fingerprint density at radius 1 is 1.25 bits per heavy atom. The van der Waals surface area contributed by atoms with E-state index < -0.39 is 6.17 Å². The van der Waals surface area contributed by atoms with E-state index in [9.17, 15) is 9.59 Å². The predicted molar refractivity (Wildman–Crippen MR) is 59.5 cm³/mol. The lowest BCUT2D eigenvalue weighted by Crippen LogP contribution is -1.98. The van der Waals surface area contributed by atoms with Gasteiger partial charge in [-0.1, -0.05) is 25.1 Å². The summed E-state index contributed by atoms with van der Waals surface area (Å²) in [6.07, 6.45) is 2.90. The minimum Gasteiger partial charge on any atom is -0.211 e. The molecule has 1 rings (SSSR count). The van der Waals surface area contributed by atoms with Crippen LogP contribution >= 0.6 is 0 Å². The highest BCUT2D eigenvalue weighted by molar-refractivity contribution is 5.43. The van der Waals surface area contributed by atoms with Gasteiger partial charge in [0.25, 0.3) is 0 Å². The van der Waals surface area contributed by atoms with Crippen LogP contribution in [0.1, 0.15) is 29.8 Å². The number of isocyanates is 2. The molecule has 0 N–H and O–H groups in total. The van der Waals surface area contributed by atoms with Crippen LogP contribution in [0.4, 0.5) is 0 Å². The Hall–Kier alpha value is -2.02. The zero-order valence-electron chi connectivity index (χ0n) is 9.23. The van der Waals surface area contributed by atoms with E-state index in [0.717, 1.165) is 23.1 Å². The SMILES string of the molecule is CCc1cccc(C(N=C=O)N=C=O)c1C. The first-order valence-corrected chi connectivity index (χ1v) is 4.97. The zero-order valence-corrected chi connectivity index (χ0v) is 9.23. The van der Waals surface area contributed by atoms with Crippen LogP contribution in [0, 0.1) is 6.92 Å². The van der Waals surface area contributed by atoms with Crippen LogP contribution in [-0.2, 0) is 16.0 Å². The fourth-order valence-electron chi connectivity index (χ4n) is 1.63. The Bertz CT molecular complexity index is 452. The molecule has 0 atom stereocenters. The van der Waals surface area contributed by atoms with E-state index in [1.165, 1.54) is 12.2 Å². The van der Waals surface area contributed by atoms with Gasteiger partial charge in [-0.15, -0.1) is 0 Å². The summed E-state index contributed by atoms with van der Waals surface area (Å²) in [5.74, 6) is 0. The molecule has 0 bridgehead atoms. The molecule has 0 heterocycles. The van der Waals surface area contributed by atoms with Gasteiger partial charge in [-0.05, 0) is 24.5 Å². The first-order chi connectivity index (χ1) is 7.74. The number of aliphatic imine (C=N–C) groups is 2. The normalized spacial score (nSPS) is 11.1. The average molecular weight is 216 g/mol. The predicted octanol–water partition coefficient (Wildman–Crippen LogP) is 2.23. The van der Waals surface area contributed by atoms with Gasteiger partial charge in [0, 0.05) is 5.56 Å². The number of aryl methyl sites for hydroxylation is 1. The van der Waals surface area contributed by atoms with Gasteiger partial charge in [-0.2, -0.15) is 9.98 Å². The van der Waals surface area contributed by atoms with Crippen LogP contribution in [0.15, 0.2) is 28.2 Å². The smallest absolute Gasteiger partial charge is 0.211 e. The summed E-state index contributed by atoms with van der Waals surface area (Å²) < 4.78 is 0. The molecule has 4 nitrogen and oxygen atoms in total. The average Bonchev–Trinajstić information content (AvgIpc) is 2.29. The third kappa shape index (κ3) is 2.51. The third-order valence-corrected chi connectivity index (χ3v) is 2.50. The topological polar surface area (TPSA) is 58.9 Å². The second-order valence-electron chi connectivity index (χ2n) is 3.30. The standard InChI is InChI=1S/C12H12N2O2/c1-3-10-5-4-6-11(9(10)2)12(13-7-15)14-8-16/h4-6,12H,3H2,1-2H3. The zero-order chi connectivity index (χ0) is 12.0. The van der Waals surface area contributed by atoms with E-state index >= 15 is 0 Å². The van der Waals surface area contributed by atoms with Gasteiger partial charge in [0.2, 0.25) is 12.2 Å². The van der Waals surface area contributed by atoms with E-state index in [1.54, 1.807) is 6.07 Å². The van der Waals surface area contributed by atoms with Crippen molar-refractivity contribution in [2.45, 2.75) is 26.4 Å². The van der Waals surface area contributed by atoms with Crippen molar-refractivity contribution < 1.29 is 9.59 Å². The monoisotopic (exact) mass is 216 g/mol.